The molecule has 0 aliphatic heterocycles. The molecule has 0 atom stereocenters. The van der Waals surface area contributed by atoms with Gasteiger partial charge >= 0.3 is 0 Å². The van der Waals surface area contributed by atoms with Gasteiger partial charge in [-0.25, -0.2) is 5.10 Å². The summed E-state index contributed by atoms with van der Waals surface area (Å²) in [6, 6.07) is 23.8. The van der Waals surface area contributed by atoms with Crippen molar-refractivity contribution in [2.24, 2.45) is 5.41 Å². The van der Waals surface area contributed by atoms with Crippen LogP contribution in [-0.2, 0) is 6.54 Å². The normalized spacial score (nSPS) is 21.7. The standard InChI is InChI=1S/C35H35N5O3/c1-34(2,43)21-40-29-16-23(13-12-22-8-4-3-5-9-22)14-15-28(29)31(39-40)33(42)36-25-19-35(20-25)17-24(18-35)30-26-10-6-7-11-27(26)32(41)38-37-30/h3-16,24-25,43H,17-21H2,1-2H3,(H,36,42)(H,38,41). The zero-order chi connectivity index (χ0) is 29.8. The molecule has 218 valence electrons. The first-order valence-corrected chi connectivity index (χ1v) is 14.9. The van der Waals surface area contributed by atoms with E-state index in [0.29, 0.717) is 17.0 Å². The van der Waals surface area contributed by atoms with Crippen molar-refractivity contribution in [3.8, 4) is 0 Å². The Balaban J connectivity index is 1.05. The molecule has 2 fully saturated rings. The lowest BCUT2D eigenvalue weighted by Crippen LogP contribution is -2.55. The number of aromatic nitrogens is 4. The van der Waals surface area contributed by atoms with Gasteiger partial charge in [0.25, 0.3) is 11.5 Å². The van der Waals surface area contributed by atoms with Crippen LogP contribution < -0.4 is 10.9 Å². The third kappa shape index (κ3) is 5.27. The Morgan fingerprint density at radius 3 is 2.42 bits per heavy atom. The summed E-state index contributed by atoms with van der Waals surface area (Å²) in [6.45, 7) is 3.75. The second-order valence-electron chi connectivity index (χ2n) is 13.0. The highest BCUT2D eigenvalue weighted by atomic mass is 16.3. The van der Waals surface area contributed by atoms with Crippen molar-refractivity contribution in [1.29, 1.82) is 0 Å². The van der Waals surface area contributed by atoms with Crippen LogP contribution in [0.4, 0.5) is 0 Å². The van der Waals surface area contributed by atoms with Crippen LogP contribution in [0.3, 0.4) is 0 Å². The molecule has 0 bridgehead atoms. The number of benzene rings is 3. The summed E-state index contributed by atoms with van der Waals surface area (Å²) in [6.07, 6.45) is 7.95. The number of hydrogen-bond donors (Lipinski definition) is 3. The summed E-state index contributed by atoms with van der Waals surface area (Å²) in [7, 11) is 0. The van der Waals surface area contributed by atoms with E-state index < -0.39 is 5.60 Å². The van der Waals surface area contributed by atoms with Crippen molar-refractivity contribution in [3.63, 3.8) is 0 Å². The molecule has 2 aromatic heterocycles. The van der Waals surface area contributed by atoms with Crippen LogP contribution in [0.5, 0.6) is 0 Å². The molecule has 3 aromatic carbocycles. The van der Waals surface area contributed by atoms with Gasteiger partial charge in [0.1, 0.15) is 0 Å². The van der Waals surface area contributed by atoms with E-state index in [1.165, 1.54) is 0 Å². The molecule has 0 unspecified atom stereocenters. The Hall–Kier alpha value is -4.56. The van der Waals surface area contributed by atoms with E-state index in [9.17, 15) is 14.7 Å². The number of aliphatic hydroxyl groups is 1. The second-order valence-corrected chi connectivity index (χ2v) is 13.0. The number of rotatable bonds is 7. The molecular weight excluding hydrogens is 538 g/mol. The Bertz CT molecular complexity index is 1920. The fourth-order valence-corrected chi connectivity index (χ4v) is 7.01. The first-order valence-electron chi connectivity index (χ1n) is 14.9. The Labute approximate surface area is 249 Å². The fourth-order valence-electron chi connectivity index (χ4n) is 7.01. The van der Waals surface area contributed by atoms with E-state index in [1.807, 2.05) is 78.9 Å². The van der Waals surface area contributed by atoms with E-state index in [1.54, 1.807) is 18.5 Å². The van der Waals surface area contributed by atoms with Gasteiger partial charge in [-0.2, -0.15) is 10.2 Å². The van der Waals surface area contributed by atoms with Crippen LogP contribution in [0, 0.1) is 5.41 Å². The maximum atomic E-state index is 13.5. The molecule has 2 saturated carbocycles. The second kappa shape index (κ2) is 10.3. The molecule has 1 spiro atoms. The zero-order valence-electron chi connectivity index (χ0n) is 24.4. The van der Waals surface area contributed by atoms with E-state index in [4.69, 9.17) is 0 Å². The number of nitrogens with zero attached hydrogens (tertiary/aromatic N) is 3. The largest absolute Gasteiger partial charge is 0.389 e. The molecule has 8 heteroatoms. The average molecular weight is 574 g/mol. The van der Waals surface area contributed by atoms with Gasteiger partial charge in [-0.3, -0.25) is 14.3 Å². The molecule has 3 N–H and O–H groups in total. The van der Waals surface area contributed by atoms with Crippen LogP contribution in [-0.4, -0.2) is 42.6 Å². The fraction of sp³-hybridized carbons (Fsp3) is 0.314. The number of carbonyl (C=O) groups excluding carboxylic acids is 1. The van der Waals surface area contributed by atoms with E-state index >= 15 is 0 Å². The number of H-pyrrole nitrogens is 1. The number of amides is 1. The molecule has 2 aliphatic carbocycles. The molecule has 2 heterocycles. The summed E-state index contributed by atoms with van der Waals surface area (Å²) < 4.78 is 1.74. The van der Waals surface area contributed by atoms with Crippen molar-refractivity contribution in [1.82, 2.24) is 25.3 Å². The maximum absolute atomic E-state index is 13.5. The van der Waals surface area contributed by atoms with Gasteiger partial charge in [-0.05, 0) is 74.3 Å². The molecule has 43 heavy (non-hydrogen) atoms. The number of nitrogens with one attached hydrogen (secondary N) is 2. The van der Waals surface area contributed by atoms with Crippen LogP contribution in [0.1, 0.15) is 72.8 Å². The molecule has 0 radical (unpaired) electrons. The highest BCUT2D eigenvalue weighted by Gasteiger charge is 2.54. The van der Waals surface area contributed by atoms with Gasteiger partial charge in [0.15, 0.2) is 5.69 Å². The lowest BCUT2D eigenvalue weighted by atomic mass is 9.49. The molecule has 7 rings (SSSR count). The first kappa shape index (κ1) is 27.3. The minimum absolute atomic E-state index is 0.0938. The summed E-state index contributed by atoms with van der Waals surface area (Å²) in [5.74, 6) is 0.126. The van der Waals surface area contributed by atoms with E-state index in [2.05, 4.69) is 26.7 Å². The zero-order valence-corrected chi connectivity index (χ0v) is 24.4. The predicted molar refractivity (Wildman–Crippen MR) is 169 cm³/mol. The third-order valence-corrected chi connectivity index (χ3v) is 8.96. The van der Waals surface area contributed by atoms with Gasteiger partial charge in [-0.15, -0.1) is 0 Å². The van der Waals surface area contributed by atoms with E-state index in [0.717, 1.165) is 58.8 Å². The Morgan fingerprint density at radius 2 is 1.67 bits per heavy atom. The molecule has 2 aliphatic rings. The maximum Gasteiger partial charge on any atom is 0.272 e. The first-order chi connectivity index (χ1) is 20.7. The summed E-state index contributed by atoms with van der Waals surface area (Å²) in [5.41, 5.74) is 3.33. The summed E-state index contributed by atoms with van der Waals surface area (Å²) in [5, 5.41) is 27.9. The van der Waals surface area contributed by atoms with Crippen LogP contribution in [0.15, 0.2) is 77.6 Å². The van der Waals surface area contributed by atoms with Crippen molar-refractivity contribution < 1.29 is 9.90 Å². The smallest absolute Gasteiger partial charge is 0.272 e. The van der Waals surface area contributed by atoms with Gasteiger partial charge < -0.3 is 10.4 Å². The Kier molecular flexibility index (Phi) is 6.54. The van der Waals surface area contributed by atoms with Crippen molar-refractivity contribution in [2.75, 3.05) is 0 Å². The van der Waals surface area contributed by atoms with Gasteiger partial charge in [0.2, 0.25) is 0 Å². The van der Waals surface area contributed by atoms with Gasteiger partial charge in [0.05, 0.1) is 28.7 Å². The van der Waals surface area contributed by atoms with Crippen molar-refractivity contribution >= 4 is 39.7 Å². The van der Waals surface area contributed by atoms with Crippen molar-refractivity contribution in [3.05, 3.63) is 106 Å². The lowest BCUT2D eigenvalue weighted by molar-refractivity contribution is -0.0197. The SMILES string of the molecule is CC(C)(O)Cn1nc(C(=O)NC2CC3(C2)CC(c2n[nH]c(=O)c4ccccc24)C3)c2ccc(C=Cc3ccccc3)cc21. The molecule has 8 nitrogen and oxygen atoms in total. The number of aromatic amines is 1. The van der Waals surface area contributed by atoms with E-state index in [-0.39, 0.29) is 29.5 Å². The van der Waals surface area contributed by atoms with Gasteiger partial charge in [-0.1, -0.05) is 66.7 Å². The molecule has 1 amide bonds. The lowest BCUT2D eigenvalue weighted by Gasteiger charge is -2.57. The highest BCUT2D eigenvalue weighted by Crippen LogP contribution is 2.62. The molecular formula is C35H35N5O3. The quantitative estimate of drug-likeness (QED) is 0.217. The van der Waals surface area contributed by atoms with Crippen molar-refractivity contribution in [2.45, 2.75) is 63.6 Å². The minimum atomic E-state index is -0.990. The summed E-state index contributed by atoms with van der Waals surface area (Å²) in [4.78, 5) is 25.7. The number of hydrogen-bond acceptors (Lipinski definition) is 5. The van der Waals surface area contributed by atoms with Gasteiger partial charge in [0, 0.05) is 22.7 Å². The third-order valence-electron chi connectivity index (χ3n) is 8.96. The molecule has 5 aromatic rings. The van der Waals surface area contributed by atoms with Crippen LogP contribution >= 0.6 is 0 Å². The monoisotopic (exact) mass is 573 g/mol. The number of fused-ring (bicyclic) bond motifs is 2. The molecule has 0 saturated heterocycles. The minimum Gasteiger partial charge on any atom is -0.389 e. The average Bonchev–Trinajstić information content (AvgIpc) is 3.30. The topological polar surface area (TPSA) is 113 Å². The Morgan fingerprint density at radius 1 is 0.977 bits per heavy atom. The highest BCUT2D eigenvalue weighted by molar-refractivity contribution is 6.05. The summed E-state index contributed by atoms with van der Waals surface area (Å²) >= 11 is 0. The van der Waals surface area contributed by atoms with Crippen LogP contribution in [0.2, 0.25) is 0 Å². The van der Waals surface area contributed by atoms with Crippen LogP contribution in [0.25, 0.3) is 33.8 Å². The predicted octanol–water partition coefficient (Wildman–Crippen LogP) is 5.67. The number of carbonyl (C=O) groups is 1.